The zero-order valence-corrected chi connectivity index (χ0v) is 11.7. The van der Waals surface area contributed by atoms with Crippen LogP contribution in [0.3, 0.4) is 0 Å². The number of hydrogen-bond donors (Lipinski definition) is 1. The minimum absolute atomic E-state index is 0.216. The number of amides is 1. The number of nitrogens with one attached hydrogen (secondary N) is 1. The van der Waals surface area contributed by atoms with E-state index in [1.165, 1.54) is 29.9 Å². The van der Waals surface area contributed by atoms with Crippen LogP contribution in [-0.2, 0) is 12.8 Å². The molecule has 0 fully saturated rings. The van der Waals surface area contributed by atoms with E-state index in [9.17, 15) is 4.79 Å². The van der Waals surface area contributed by atoms with Crippen LogP contribution in [-0.4, -0.2) is 15.9 Å². The SMILES string of the molecule is O=C(Nc1cccc2c1CCCC2)c1cncc(Cl)n1. The van der Waals surface area contributed by atoms with Crippen LogP contribution in [0.15, 0.2) is 30.6 Å². The van der Waals surface area contributed by atoms with Crippen molar-refractivity contribution in [3.05, 3.63) is 52.6 Å². The quantitative estimate of drug-likeness (QED) is 0.922. The summed E-state index contributed by atoms with van der Waals surface area (Å²) < 4.78 is 0. The monoisotopic (exact) mass is 287 g/mol. The zero-order chi connectivity index (χ0) is 13.9. The van der Waals surface area contributed by atoms with Gasteiger partial charge in [-0.25, -0.2) is 4.98 Å². The van der Waals surface area contributed by atoms with Gasteiger partial charge >= 0.3 is 0 Å². The van der Waals surface area contributed by atoms with Gasteiger partial charge in [0, 0.05) is 5.69 Å². The molecular weight excluding hydrogens is 274 g/mol. The second-order valence-corrected chi connectivity index (χ2v) is 5.22. The lowest BCUT2D eigenvalue weighted by Crippen LogP contribution is -2.17. The molecular formula is C15H14ClN3O. The molecule has 4 nitrogen and oxygen atoms in total. The van der Waals surface area contributed by atoms with Crippen molar-refractivity contribution in [2.24, 2.45) is 0 Å². The molecule has 0 saturated heterocycles. The number of anilines is 1. The number of halogens is 1. The molecule has 0 radical (unpaired) electrons. The minimum Gasteiger partial charge on any atom is -0.320 e. The van der Waals surface area contributed by atoms with Gasteiger partial charge in [-0.2, -0.15) is 0 Å². The second-order valence-electron chi connectivity index (χ2n) is 4.83. The highest BCUT2D eigenvalue weighted by molar-refractivity contribution is 6.29. The average molecular weight is 288 g/mol. The molecule has 102 valence electrons. The van der Waals surface area contributed by atoms with Crippen LogP contribution in [0.5, 0.6) is 0 Å². The Hall–Kier alpha value is -1.94. The predicted molar refractivity (Wildman–Crippen MR) is 78.1 cm³/mol. The number of aryl methyl sites for hydroxylation is 1. The smallest absolute Gasteiger partial charge is 0.275 e. The van der Waals surface area contributed by atoms with Gasteiger partial charge in [-0.15, -0.1) is 0 Å². The molecule has 1 heterocycles. The van der Waals surface area contributed by atoms with Crippen molar-refractivity contribution in [3.8, 4) is 0 Å². The van der Waals surface area contributed by atoms with Crippen molar-refractivity contribution in [2.75, 3.05) is 5.32 Å². The Labute approximate surface area is 122 Å². The molecule has 1 amide bonds. The van der Waals surface area contributed by atoms with Gasteiger partial charge in [0.05, 0.1) is 12.4 Å². The highest BCUT2D eigenvalue weighted by atomic mass is 35.5. The highest BCUT2D eigenvalue weighted by Crippen LogP contribution is 2.28. The van der Waals surface area contributed by atoms with E-state index in [-0.39, 0.29) is 16.8 Å². The Kier molecular flexibility index (Phi) is 3.65. The molecule has 1 aliphatic rings. The van der Waals surface area contributed by atoms with Crippen LogP contribution in [0, 0.1) is 0 Å². The van der Waals surface area contributed by atoms with E-state index in [0.717, 1.165) is 24.9 Å². The summed E-state index contributed by atoms with van der Waals surface area (Å²) in [6.45, 7) is 0. The molecule has 0 atom stereocenters. The maximum atomic E-state index is 12.2. The molecule has 0 unspecified atom stereocenters. The first-order valence-electron chi connectivity index (χ1n) is 6.64. The molecule has 1 aromatic heterocycles. The lowest BCUT2D eigenvalue weighted by Gasteiger charge is -2.19. The predicted octanol–water partition coefficient (Wildman–Crippen LogP) is 3.26. The first-order valence-corrected chi connectivity index (χ1v) is 7.01. The van der Waals surface area contributed by atoms with E-state index in [1.807, 2.05) is 12.1 Å². The topological polar surface area (TPSA) is 54.9 Å². The summed E-state index contributed by atoms with van der Waals surface area (Å²) in [6.07, 6.45) is 7.28. The number of carbonyl (C=O) groups excluding carboxylic acids is 1. The molecule has 0 bridgehead atoms. The average Bonchev–Trinajstić information content (AvgIpc) is 2.47. The van der Waals surface area contributed by atoms with E-state index in [1.54, 1.807) is 0 Å². The number of benzene rings is 1. The Morgan fingerprint density at radius 3 is 2.90 bits per heavy atom. The van der Waals surface area contributed by atoms with E-state index < -0.39 is 0 Å². The van der Waals surface area contributed by atoms with Crippen molar-refractivity contribution < 1.29 is 4.79 Å². The summed E-state index contributed by atoms with van der Waals surface area (Å²) in [5, 5.41) is 3.13. The van der Waals surface area contributed by atoms with Gasteiger partial charge in [0.25, 0.3) is 5.91 Å². The fourth-order valence-corrected chi connectivity index (χ4v) is 2.68. The van der Waals surface area contributed by atoms with E-state index >= 15 is 0 Å². The van der Waals surface area contributed by atoms with Gasteiger partial charge in [0.15, 0.2) is 0 Å². The summed E-state index contributed by atoms with van der Waals surface area (Å²) in [5.74, 6) is -0.279. The lowest BCUT2D eigenvalue weighted by atomic mass is 9.90. The third kappa shape index (κ3) is 2.65. The van der Waals surface area contributed by atoms with E-state index in [0.29, 0.717) is 0 Å². The number of aromatic nitrogens is 2. The maximum absolute atomic E-state index is 12.2. The fraction of sp³-hybridized carbons (Fsp3) is 0.267. The molecule has 0 saturated carbocycles. The van der Waals surface area contributed by atoms with Crippen molar-refractivity contribution >= 4 is 23.2 Å². The Morgan fingerprint density at radius 2 is 2.05 bits per heavy atom. The Morgan fingerprint density at radius 1 is 1.20 bits per heavy atom. The van der Waals surface area contributed by atoms with Crippen molar-refractivity contribution in [1.29, 1.82) is 0 Å². The third-order valence-corrected chi connectivity index (χ3v) is 3.66. The molecule has 3 rings (SSSR count). The maximum Gasteiger partial charge on any atom is 0.275 e. The summed E-state index contributed by atoms with van der Waals surface area (Å²) in [7, 11) is 0. The van der Waals surface area contributed by atoms with E-state index in [4.69, 9.17) is 11.6 Å². The van der Waals surface area contributed by atoms with Crippen LogP contribution in [0.25, 0.3) is 0 Å². The number of fused-ring (bicyclic) bond motifs is 1. The summed E-state index contributed by atoms with van der Waals surface area (Å²) >= 11 is 5.75. The molecule has 1 aliphatic carbocycles. The van der Waals surface area contributed by atoms with Crippen LogP contribution in [0.1, 0.15) is 34.5 Å². The lowest BCUT2D eigenvalue weighted by molar-refractivity contribution is 0.102. The minimum atomic E-state index is -0.279. The number of carbonyl (C=O) groups is 1. The highest BCUT2D eigenvalue weighted by Gasteiger charge is 2.16. The van der Waals surface area contributed by atoms with Gasteiger partial charge in [-0.05, 0) is 42.9 Å². The molecule has 0 spiro atoms. The molecule has 1 N–H and O–H groups in total. The van der Waals surface area contributed by atoms with Gasteiger partial charge in [0.1, 0.15) is 10.8 Å². The summed E-state index contributed by atoms with van der Waals surface area (Å²) in [4.78, 5) is 20.0. The Balaban J connectivity index is 1.86. The molecule has 0 aliphatic heterocycles. The van der Waals surface area contributed by atoms with Crippen molar-refractivity contribution in [3.63, 3.8) is 0 Å². The standard InChI is InChI=1S/C15H14ClN3O/c16-14-9-17-8-13(18-14)15(20)19-12-7-3-5-10-4-1-2-6-11(10)12/h3,5,7-9H,1-2,4,6H2,(H,19,20). The van der Waals surface area contributed by atoms with Crippen LogP contribution >= 0.6 is 11.6 Å². The largest absolute Gasteiger partial charge is 0.320 e. The van der Waals surface area contributed by atoms with Gasteiger partial charge in [-0.3, -0.25) is 9.78 Å². The van der Waals surface area contributed by atoms with Crippen molar-refractivity contribution in [2.45, 2.75) is 25.7 Å². The van der Waals surface area contributed by atoms with E-state index in [2.05, 4.69) is 21.4 Å². The molecule has 2 aromatic rings. The third-order valence-electron chi connectivity index (χ3n) is 3.48. The number of nitrogens with zero attached hydrogens (tertiary/aromatic N) is 2. The van der Waals surface area contributed by atoms with Crippen LogP contribution < -0.4 is 5.32 Å². The first kappa shape index (κ1) is 13.1. The van der Waals surface area contributed by atoms with Gasteiger partial charge in [0.2, 0.25) is 0 Å². The first-order chi connectivity index (χ1) is 9.74. The van der Waals surface area contributed by atoms with Gasteiger partial charge < -0.3 is 5.32 Å². The summed E-state index contributed by atoms with van der Waals surface area (Å²) in [5.41, 5.74) is 3.66. The fourth-order valence-electron chi connectivity index (χ4n) is 2.54. The number of hydrogen-bond acceptors (Lipinski definition) is 3. The van der Waals surface area contributed by atoms with Crippen molar-refractivity contribution in [1.82, 2.24) is 9.97 Å². The zero-order valence-electron chi connectivity index (χ0n) is 10.9. The molecule has 5 heteroatoms. The molecule has 1 aromatic carbocycles. The Bertz CT molecular complexity index is 657. The summed E-state index contributed by atoms with van der Waals surface area (Å²) in [6, 6.07) is 6.03. The number of rotatable bonds is 2. The molecule has 20 heavy (non-hydrogen) atoms. The second kappa shape index (κ2) is 5.59. The van der Waals surface area contributed by atoms with Crippen LogP contribution in [0.4, 0.5) is 5.69 Å². The van der Waals surface area contributed by atoms with Gasteiger partial charge in [-0.1, -0.05) is 23.7 Å². The van der Waals surface area contributed by atoms with Crippen LogP contribution in [0.2, 0.25) is 5.15 Å². The normalized spacial score (nSPS) is 13.7.